The number of aryl methyl sites for hydroxylation is 1. The van der Waals surface area contributed by atoms with Gasteiger partial charge >= 0.3 is 0 Å². The van der Waals surface area contributed by atoms with Crippen LogP contribution in [0.3, 0.4) is 0 Å². The Bertz CT molecular complexity index is 709. The Kier molecular flexibility index (Phi) is 7.68. The summed E-state index contributed by atoms with van der Waals surface area (Å²) in [5.74, 6) is 0.00758. The molecule has 0 saturated heterocycles. The van der Waals surface area contributed by atoms with E-state index in [0.717, 1.165) is 31.4 Å². The van der Waals surface area contributed by atoms with E-state index in [9.17, 15) is 9.59 Å². The van der Waals surface area contributed by atoms with Crippen molar-refractivity contribution >= 4 is 11.8 Å². The fourth-order valence-corrected chi connectivity index (χ4v) is 2.41. The molecule has 0 bridgehead atoms. The molecule has 2 aromatic rings. The van der Waals surface area contributed by atoms with Crippen molar-refractivity contribution in [2.24, 2.45) is 0 Å². The number of amides is 2. The number of hydrazine groups is 1. The summed E-state index contributed by atoms with van der Waals surface area (Å²) in [6.45, 7) is 4.87. The summed E-state index contributed by atoms with van der Waals surface area (Å²) in [7, 11) is 0. The number of benzene rings is 2. The lowest BCUT2D eigenvalue weighted by Crippen LogP contribution is -2.41. The average molecular weight is 354 g/mol. The van der Waals surface area contributed by atoms with Crippen molar-refractivity contribution in [3.05, 3.63) is 65.2 Å². The van der Waals surface area contributed by atoms with Gasteiger partial charge in [-0.25, -0.2) is 0 Å². The smallest absolute Gasteiger partial charge is 0.269 e. The normalized spacial score (nSPS) is 10.2. The predicted octanol–water partition coefficient (Wildman–Crippen LogP) is 3.89. The standard InChI is InChI=1S/C21H26N2O3/c1-3-5-15-26-19-13-11-18(12-14-19)21(25)23-22-20(24)17-9-7-16(6-4-2)8-10-17/h7-14H,3-6,15H2,1-2H3,(H,22,24)(H,23,25). The molecule has 0 radical (unpaired) electrons. The first-order valence-electron chi connectivity index (χ1n) is 9.06. The lowest BCUT2D eigenvalue weighted by molar-refractivity contribution is 0.0846. The first-order chi connectivity index (χ1) is 12.6. The molecule has 2 aromatic carbocycles. The predicted molar refractivity (Wildman–Crippen MR) is 102 cm³/mol. The van der Waals surface area contributed by atoms with E-state index in [1.54, 1.807) is 36.4 Å². The Balaban J connectivity index is 1.84. The zero-order valence-corrected chi connectivity index (χ0v) is 15.4. The van der Waals surface area contributed by atoms with Gasteiger partial charge in [-0.2, -0.15) is 0 Å². The van der Waals surface area contributed by atoms with Gasteiger partial charge in [-0.15, -0.1) is 0 Å². The van der Waals surface area contributed by atoms with Crippen LogP contribution in [0.1, 0.15) is 59.4 Å². The van der Waals surface area contributed by atoms with Crippen LogP contribution in [-0.2, 0) is 6.42 Å². The zero-order valence-electron chi connectivity index (χ0n) is 15.4. The summed E-state index contributed by atoms with van der Waals surface area (Å²) in [5, 5.41) is 0. The Morgan fingerprint density at radius 2 is 1.35 bits per heavy atom. The minimum Gasteiger partial charge on any atom is -0.494 e. The molecule has 0 unspecified atom stereocenters. The molecule has 0 saturated carbocycles. The highest BCUT2D eigenvalue weighted by molar-refractivity contribution is 5.99. The number of rotatable bonds is 8. The zero-order chi connectivity index (χ0) is 18.8. The minimum absolute atomic E-state index is 0.346. The topological polar surface area (TPSA) is 67.4 Å². The van der Waals surface area contributed by atoms with E-state index in [4.69, 9.17) is 4.74 Å². The van der Waals surface area contributed by atoms with Crippen LogP contribution in [0, 0.1) is 0 Å². The van der Waals surface area contributed by atoms with Crippen molar-refractivity contribution in [1.82, 2.24) is 10.9 Å². The highest BCUT2D eigenvalue weighted by Gasteiger charge is 2.09. The summed E-state index contributed by atoms with van der Waals surface area (Å²) in [4.78, 5) is 24.2. The number of carbonyl (C=O) groups excluding carboxylic acids is 2. The molecule has 2 rings (SSSR count). The van der Waals surface area contributed by atoms with Gasteiger partial charge < -0.3 is 4.74 Å². The number of unbranched alkanes of at least 4 members (excludes halogenated alkanes) is 1. The van der Waals surface area contributed by atoms with E-state index < -0.39 is 0 Å². The summed E-state index contributed by atoms with van der Waals surface area (Å²) in [6, 6.07) is 14.2. The number of hydrogen-bond acceptors (Lipinski definition) is 3. The molecule has 0 aliphatic carbocycles. The molecule has 0 aliphatic rings. The van der Waals surface area contributed by atoms with Gasteiger partial charge in [0.25, 0.3) is 11.8 Å². The lowest BCUT2D eigenvalue weighted by atomic mass is 10.1. The minimum atomic E-state index is -0.374. The molecular weight excluding hydrogens is 328 g/mol. The Labute approximate surface area is 154 Å². The maximum atomic E-state index is 12.1. The molecule has 5 heteroatoms. The molecule has 26 heavy (non-hydrogen) atoms. The van der Waals surface area contributed by atoms with Crippen LogP contribution < -0.4 is 15.6 Å². The highest BCUT2D eigenvalue weighted by atomic mass is 16.5. The summed E-state index contributed by atoms with van der Waals surface area (Å²) >= 11 is 0. The van der Waals surface area contributed by atoms with Gasteiger partial charge in [0, 0.05) is 11.1 Å². The van der Waals surface area contributed by atoms with E-state index in [1.165, 1.54) is 5.56 Å². The van der Waals surface area contributed by atoms with E-state index in [-0.39, 0.29) is 11.8 Å². The Morgan fingerprint density at radius 3 is 1.85 bits per heavy atom. The number of nitrogens with one attached hydrogen (secondary N) is 2. The third kappa shape index (κ3) is 5.92. The van der Waals surface area contributed by atoms with Gasteiger partial charge in [0.1, 0.15) is 5.75 Å². The largest absolute Gasteiger partial charge is 0.494 e. The van der Waals surface area contributed by atoms with Crippen LogP contribution in [0.2, 0.25) is 0 Å². The van der Waals surface area contributed by atoms with Gasteiger partial charge in [0.05, 0.1) is 6.61 Å². The summed E-state index contributed by atoms with van der Waals surface area (Å²) in [6.07, 6.45) is 4.11. The lowest BCUT2D eigenvalue weighted by Gasteiger charge is -2.09. The quantitative estimate of drug-likeness (QED) is 0.558. The molecule has 0 aromatic heterocycles. The third-order valence-electron chi connectivity index (χ3n) is 3.93. The van der Waals surface area contributed by atoms with Crippen molar-refractivity contribution in [1.29, 1.82) is 0 Å². The van der Waals surface area contributed by atoms with Gasteiger partial charge in [0.2, 0.25) is 0 Å². The van der Waals surface area contributed by atoms with Crippen LogP contribution in [-0.4, -0.2) is 18.4 Å². The van der Waals surface area contributed by atoms with Gasteiger partial charge in [-0.3, -0.25) is 20.4 Å². The van der Waals surface area contributed by atoms with E-state index >= 15 is 0 Å². The average Bonchev–Trinajstić information content (AvgIpc) is 2.67. The van der Waals surface area contributed by atoms with Crippen LogP contribution in [0.5, 0.6) is 5.75 Å². The SMILES string of the molecule is CCCCOc1ccc(C(=O)NNC(=O)c2ccc(CCC)cc2)cc1. The molecular formula is C21H26N2O3. The molecule has 2 amide bonds. The molecule has 0 fully saturated rings. The van der Waals surface area contributed by atoms with Crippen molar-refractivity contribution in [2.75, 3.05) is 6.61 Å². The van der Waals surface area contributed by atoms with Crippen molar-refractivity contribution in [3.8, 4) is 5.75 Å². The van der Waals surface area contributed by atoms with Gasteiger partial charge in [0.15, 0.2) is 0 Å². The molecule has 0 aliphatic heterocycles. The molecule has 0 atom stereocenters. The van der Waals surface area contributed by atoms with Crippen LogP contribution in [0.4, 0.5) is 0 Å². The van der Waals surface area contributed by atoms with E-state index in [2.05, 4.69) is 24.7 Å². The second-order valence-corrected chi connectivity index (χ2v) is 6.08. The summed E-state index contributed by atoms with van der Waals surface area (Å²) < 4.78 is 5.56. The van der Waals surface area contributed by atoms with Gasteiger partial charge in [-0.05, 0) is 54.8 Å². The van der Waals surface area contributed by atoms with E-state index in [1.807, 2.05) is 12.1 Å². The van der Waals surface area contributed by atoms with Crippen molar-refractivity contribution < 1.29 is 14.3 Å². The fourth-order valence-electron chi connectivity index (χ4n) is 2.41. The monoisotopic (exact) mass is 354 g/mol. The molecule has 138 valence electrons. The van der Waals surface area contributed by atoms with Crippen molar-refractivity contribution in [3.63, 3.8) is 0 Å². The second-order valence-electron chi connectivity index (χ2n) is 6.08. The van der Waals surface area contributed by atoms with Crippen LogP contribution in [0.25, 0.3) is 0 Å². The summed E-state index contributed by atoms with van der Waals surface area (Å²) in [5.41, 5.74) is 7.01. The molecule has 5 nitrogen and oxygen atoms in total. The fraction of sp³-hybridized carbons (Fsp3) is 0.333. The Hall–Kier alpha value is -2.82. The maximum absolute atomic E-state index is 12.1. The first kappa shape index (κ1) is 19.5. The number of hydrogen-bond donors (Lipinski definition) is 2. The number of carbonyl (C=O) groups is 2. The van der Waals surface area contributed by atoms with Crippen molar-refractivity contribution in [2.45, 2.75) is 39.5 Å². The second kappa shape index (κ2) is 10.2. The molecule has 2 N–H and O–H groups in total. The molecule has 0 spiro atoms. The first-order valence-corrected chi connectivity index (χ1v) is 9.06. The van der Waals surface area contributed by atoms with Crippen LogP contribution in [0.15, 0.2) is 48.5 Å². The number of ether oxygens (including phenoxy) is 1. The Morgan fingerprint density at radius 1 is 0.808 bits per heavy atom. The van der Waals surface area contributed by atoms with Crippen LogP contribution >= 0.6 is 0 Å². The van der Waals surface area contributed by atoms with E-state index in [0.29, 0.717) is 17.7 Å². The molecule has 0 heterocycles. The maximum Gasteiger partial charge on any atom is 0.269 e. The highest BCUT2D eigenvalue weighted by Crippen LogP contribution is 2.12. The third-order valence-corrected chi connectivity index (χ3v) is 3.93. The van der Waals surface area contributed by atoms with Gasteiger partial charge in [-0.1, -0.05) is 38.8 Å².